The quantitative estimate of drug-likeness (QED) is 0.812. The highest BCUT2D eigenvalue weighted by molar-refractivity contribution is 6.29. The fourth-order valence-electron chi connectivity index (χ4n) is 1.55. The molecule has 0 aliphatic carbocycles. The fourth-order valence-corrected chi connectivity index (χ4v) is 1.65. The van der Waals surface area contributed by atoms with E-state index in [1.165, 1.54) is 19.1 Å². The van der Waals surface area contributed by atoms with E-state index < -0.39 is 5.56 Å². The first-order chi connectivity index (χ1) is 8.00. The molecule has 0 aliphatic rings. The van der Waals surface area contributed by atoms with Crippen LogP contribution < -0.4 is 5.56 Å². The average molecular weight is 253 g/mol. The van der Waals surface area contributed by atoms with Gasteiger partial charge in [-0.15, -0.1) is 10.2 Å². The summed E-state index contributed by atoms with van der Waals surface area (Å²) >= 11 is 5.60. The van der Waals surface area contributed by atoms with Crippen molar-refractivity contribution in [1.29, 1.82) is 0 Å². The Hall–Kier alpha value is -1.95. The molecule has 1 N–H and O–H groups in total. The number of ketones is 1. The van der Waals surface area contributed by atoms with Crippen molar-refractivity contribution < 1.29 is 4.79 Å². The summed E-state index contributed by atoms with van der Waals surface area (Å²) < 4.78 is 1.16. The molecule has 0 saturated heterocycles. The maximum Gasteiger partial charge on any atom is 0.283 e. The van der Waals surface area contributed by atoms with Gasteiger partial charge in [0.05, 0.1) is 0 Å². The molecule has 2 aromatic rings. The van der Waals surface area contributed by atoms with E-state index in [4.69, 9.17) is 11.6 Å². The van der Waals surface area contributed by atoms with Crippen molar-refractivity contribution in [2.24, 2.45) is 0 Å². The van der Waals surface area contributed by atoms with Crippen molar-refractivity contribution in [3.8, 4) is 5.82 Å². The number of halogens is 1. The lowest BCUT2D eigenvalue weighted by atomic mass is 10.2. The second-order valence-electron chi connectivity index (χ2n) is 3.52. The number of nitrogens with zero attached hydrogens (tertiary/aromatic N) is 3. The topological polar surface area (TPSA) is 80.6 Å². The van der Waals surface area contributed by atoms with E-state index in [0.717, 1.165) is 4.68 Å². The molecule has 2 heterocycles. The van der Waals surface area contributed by atoms with Crippen molar-refractivity contribution in [2.45, 2.75) is 13.8 Å². The van der Waals surface area contributed by atoms with Gasteiger partial charge in [0.15, 0.2) is 16.8 Å². The number of aromatic nitrogens is 4. The molecule has 0 saturated carbocycles. The van der Waals surface area contributed by atoms with Gasteiger partial charge in [-0.25, -0.2) is 0 Å². The first kappa shape index (κ1) is 11.5. The van der Waals surface area contributed by atoms with Crippen LogP contribution in [-0.4, -0.2) is 25.8 Å². The van der Waals surface area contributed by atoms with Crippen LogP contribution in [0.5, 0.6) is 0 Å². The molecule has 0 radical (unpaired) electrons. The van der Waals surface area contributed by atoms with Crippen LogP contribution in [0.3, 0.4) is 0 Å². The summed E-state index contributed by atoms with van der Waals surface area (Å²) in [4.78, 5) is 23.2. The lowest BCUT2D eigenvalue weighted by molar-refractivity contribution is 0.101. The van der Waals surface area contributed by atoms with Gasteiger partial charge in [-0.3, -0.25) is 14.7 Å². The molecule has 0 spiro atoms. The van der Waals surface area contributed by atoms with E-state index >= 15 is 0 Å². The molecule has 2 aromatic heterocycles. The van der Waals surface area contributed by atoms with Crippen molar-refractivity contribution in [2.75, 3.05) is 0 Å². The molecular formula is C10H9ClN4O2. The molecule has 7 heteroatoms. The van der Waals surface area contributed by atoms with Crippen LogP contribution in [0, 0.1) is 6.92 Å². The summed E-state index contributed by atoms with van der Waals surface area (Å²) in [7, 11) is 0. The Balaban J connectivity index is 2.62. The van der Waals surface area contributed by atoms with Gasteiger partial charge in [0.25, 0.3) is 5.56 Å². The molecule has 0 unspecified atom stereocenters. The van der Waals surface area contributed by atoms with Crippen LogP contribution in [0.15, 0.2) is 16.9 Å². The van der Waals surface area contributed by atoms with Gasteiger partial charge < -0.3 is 0 Å². The van der Waals surface area contributed by atoms with Gasteiger partial charge in [-0.2, -0.15) is 4.68 Å². The minimum Gasteiger partial charge on any atom is -0.294 e. The van der Waals surface area contributed by atoms with Crippen LogP contribution >= 0.6 is 11.6 Å². The SMILES string of the molecule is CC(=O)c1c(C)[nH]n(-c2ccc(Cl)nn2)c1=O. The summed E-state index contributed by atoms with van der Waals surface area (Å²) in [5, 5.41) is 10.4. The Kier molecular flexibility index (Phi) is 2.81. The van der Waals surface area contributed by atoms with Gasteiger partial charge in [0.2, 0.25) is 0 Å². The fraction of sp³-hybridized carbons (Fsp3) is 0.200. The molecular weight excluding hydrogens is 244 g/mol. The zero-order chi connectivity index (χ0) is 12.6. The summed E-state index contributed by atoms with van der Waals surface area (Å²) in [6, 6.07) is 3.05. The van der Waals surface area contributed by atoms with Crippen LogP contribution in [-0.2, 0) is 0 Å². The summed E-state index contributed by atoms with van der Waals surface area (Å²) in [6.45, 7) is 2.99. The van der Waals surface area contributed by atoms with E-state index in [1.54, 1.807) is 6.92 Å². The van der Waals surface area contributed by atoms with E-state index in [2.05, 4.69) is 15.3 Å². The maximum absolute atomic E-state index is 11.9. The Morgan fingerprint density at radius 1 is 1.41 bits per heavy atom. The number of hydrogen-bond acceptors (Lipinski definition) is 4. The third-order valence-corrected chi connectivity index (χ3v) is 2.47. The van der Waals surface area contributed by atoms with E-state index in [-0.39, 0.29) is 22.3 Å². The van der Waals surface area contributed by atoms with Crippen LogP contribution in [0.4, 0.5) is 0 Å². The molecule has 2 rings (SSSR count). The highest BCUT2D eigenvalue weighted by Crippen LogP contribution is 2.07. The summed E-state index contributed by atoms with van der Waals surface area (Å²) in [5.74, 6) is -0.000535. The van der Waals surface area contributed by atoms with Crippen molar-refractivity contribution in [3.63, 3.8) is 0 Å². The third kappa shape index (κ3) is 1.99. The molecule has 0 aromatic carbocycles. The lowest BCUT2D eigenvalue weighted by Crippen LogP contribution is -2.20. The molecule has 6 nitrogen and oxygen atoms in total. The third-order valence-electron chi connectivity index (χ3n) is 2.27. The van der Waals surface area contributed by atoms with E-state index in [1.807, 2.05) is 0 Å². The summed E-state index contributed by atoms with van der Waals surface area (Å²) in [5.41, 5.74) is 0.188. The highest BCUT2D eigenvalue weighted by Gasteiger charge is 2.16. The number of nitrogens with one attached hydrogen (secondary N) is 1. The first-order valence-corrected chi connectivity index (χ1v) is 5.20. The predicted molar refractivity (Wildman–Crippen MR) is 61.7 cm³/mol. The van der Waals surface area contributed by atoms with Crippen molar-refractivity contribution in [3.05, 3.63) is 38.9 Å². The normalized spacial score (nSPS) is 10.5. The Morgan fingerprint density at radius 3 is 2.59 bits per heavy atom. The molecule has 0 fully saturated rings. The van der Waals surface area contributed by atoms with E-state index in [9.17, 15) is 9.59 Å². The van der Waals surface area contributed by atoms with Crippen LogP contribution in [0.1, 0.15) is 23.0 Å². The first-order valence-electron chi connectivity index (χ1n) is 4.83. The minimum atomic E-state index is -0.438. The van der Waals surface area contributed by atoms with Gasteiger partial charge in [-0.1, -0.05) is 11.6 Å². The van der Waals surface area contributed by atoms with Crippen molar-refractivity contribution >= 4 is 17.4 Å². The minimum absolute atomic E-state index is 0.127. The number of H-pyrrole nitrogens is 1. The van der Waals surface area contributed by atoms with Gasteiger partial charge in [0, 0.05) is 5.69 Å². The number of aryl methyl sites for hydroxylation is 1. The largest absolute Gasteiger partial charge is 0.294 e. The number of Topliss-reactive ketones (excluding diaryl/α,β-unsaturated/α-hetero) is 1. The molecule has 0 amide bonds. The zero-order valence-corrected chi connectivity index (χ0v) is 9.95. The zero-order valence-electron chi connectivity index (χ0n) is 9.19. The van der Waals surface area contributed by atoms with Gasteiger partial charge in [-0.05, 0) is 26.0 Å². The summed E-state index contributed by atoms with van der Waals surface area (Å²) in [6.07, 6.45) is 0. The number of rotatable bonds is 2. The number of hydrogen-bond donors (Lipinski definition) is 1. The Labute approximate surface area is 101 Å². The second kappa shape index (κ2) is 4.14. The highest BCUT2D eigenvalue weighted by atomic mass is 35.5. The van der Waals surface area contributed by atoms with Gasteiger partial charge in [0.1, 0.15) is 5.56 Å². The number of carbonyl (C=O) groups is 1. The Bertz CT molecular complexity index is 627. The average Bonchev–Trinajstić information content (AvgIpc) is 2.55. The van der Waals surface area contributed by atoms with E-state index in [0.29, 0.717) is 5.69 Å². The molecule has 17 heavy (non-hydrogen) atoms. The van der Waals surface area contributed by atoms with Crippen LogP contribution in [0.25, 0.3) is 5.82 Å². The second-order valence-corrected chi connectivity index (χ2v) is 3.91. The van der Waals surface area contributed by atoms with Gasteiger partial charge >= 0.3 is 0 Å². The number of carbonyl (C=O) groups excluding carboxylic acids is 1. The number of aromatic amines is 1. The van der Waals surface area contributed by atoms with Crippen LogP contribution in [0.2, 0.25) is 5.15 Å². The van der Waals surface area contributed by atoms with Crippen molar-refractivity contribution in [1.82, 2.24) is 20.0 Å². The predicted octanol–water partition coefficient (Wildman–Crippen LogP) is 1.12. The maximum atomic E-state index is 11.9. The Morgan fingerprint density at radius 2 is 2.12 bits per heavy atom. The molecule has 0 atom stereocenters. The molecule has 0 aliphatic heterocycles. The molecule has 0 bridgehead atoms. The molecule has 88 valence electrons. The smallest absolute Gasteiger partial charge is 0.283 e. The standard InChI is InChI=1S/C10H9ClN4O2/c1-5-9(6(2)16)10(17)15(14-5)8-4-3-7(11)12-13-8/h3-4,14H,1-2H3. The lowest BCUT2D eigenvalue weighted by Gasteiger charge is -1.98. The monoisotopic (exact) mass is 252 g/mol.